The van der Waals surface area contributed by atoms with Crippen molar-refractivity contribution in [3.05, 3.63) is 17.5 Å². The van der Waals surface area contributed by atoms with Crippen LogP contribution in [0.25, 0.3) is 0 Å². The molecular formula is C16H26N4O2. The van der Waals surface area contributed by atoms with Gasteiger partial charge in [-0.2, -0.15) is 5.10 Å². The summed E-state index contributed by atoms with van der Waals surface area (Å²) in [6.45, 7) is 6.53. The van der Waals surface area contributed by atoms with E-state index in [1.54, 1.807) is 0 Å². The van der Waals surface area contributed by atoms with Crippen LogP contribution in [0.15, 0.2) is 6.07 Å². The number of morpholine rings is 1. The molecule has 6 nitrogen and oxygen atoms in total. The maximum absolute atomic E-state index is 12.7. The average Bonchev–Trinajstić information content (AvgIpc) is 3.06. The molecule has 1 aromatic heterocycles. The molecule has 1 atom stereocenters. The third kappa shape index (κ3) is 3.03. The number of carbonyl (C=O) groups excluding carboxylic acids is 1. The SMILES string of the molecule is Cc1cc(C)n(CC2CN(C(=O)C3(N)CCCC3)CCO2)n1. The zero-order valence-corrected chi connectivity index (χ0v) is 13.5. The first-order valence-electron chi connectivity index (χ1n) is 8.19. The molecule has 1 saturated carbocycles. The number of ether oxygens (including phenoxy) is 1. The Bertz CT molecular complexity index is 548. The summed E-state index contributed by atoms with van der Waals surface area (Å²) in [6, 6.07) is 2.05. The summed E-state index contributed by atoms with van der Waals surface area (Å²) in [5.74, 6) is 0.103. The molecule has 2 heterocycles. The largest absolute Gasteiger partial charge is 0.373 e. The third-order valence-corrected chi connectivity index (χ3v) is 4.83. The normalized spacial score (nSPS) is 24.7. The highest BCUT2D eigenvalue weighted by Crippen LogP contribution is 2.29. The number of nitrogens with two attached hydrogens (primary N) is 1. The van der Waals surface area contributed by atoms with E-state index in [-0.39, 0.29) is 12.0 Å². The topological polar surface area (TPSA) is 73.4 Å². The first-order chi connectivity index (χ1) is 10.5. The Morgan fingerprint density at radius 2 is 2.18 bits per heavy atom. The monoisotopic (exact) mass is 306 g/mol. The summed E-state index contributed by atoms with van der Waals surface area (Å²) in [6.07, 6.45) is 3.72. The Labute approximate surface area is 131 Å². The van der Waals surface area contributed by atoms with Gasteiger partial charge < -0.3 is 15.4 Å². The van der Waals surface area contributed by atoms with Gasteiger partial charge in [-0.15, -0.1) is 0 Å². The smallest absolute Gasteiger partial charge is 0.242 e. The molecule has 1 unspecified atom stereocenters. The predicted molar refractivity (Wildman–Crippen MR) is 83.4 cm³/mol. The number of amides is 1. The molecule has 1 aliphatic carbocycles. The van der Waals surface area contributed by atoms with Crippen molar-refractivity contribution in [2.45, 2.75) is 57.7 Å². The lowest BCUT2D eigenvalue weighted by Gasteiger charge is -2.37. The molecule has 6 heteroatoms. The number of aromatic nitrogens is 2. The summed E-state index contributed by atoms with van der Waals surface area (Å²) in [5, 5.41) is 4.47. The van der Waals surface area contributed by atoms with Crippen molar-refractivity contribution in [3.8, 4) is 0 Å². The summed E-state index contributed by atoms with van der Waals surface area (Å²) in [5.41, 5.74) is 7.80. The van der Waals surface area contributed by atoms with E-state index >= 15 is 0 Å². The zero-order chi connectivity index (χ0) is 15.7. The van der Waals surface area contributed by atoms with Gasteiger partial charge in [0.05, 0.1) is 30.5 Å². The Hall–Kier alpha value is -1.40. The van der Waals surface area contributed by atoms with E-state index in [2.05, 4.69) is 11.2 Å². The quantitative estimate of drug-likeness (QED) is 0.904. The molecule has 2 aliphatic rings. The Morgan fingerprint density at radius 1 is 1.45 bits per heavy atom. The van der Waals surface area contributed by atoms with E-state index in [9.17, 15) is 4.79 Å². The van der Waals surface area contributed by atoms with Crippen molar-refractivity contribution in [2.75, 3.05) is 19.7 Å². The van der Waals surface area contributed by atoms with Gasteiger partial charge in [-0.25, -0.2) is 0 Å². The fraction of sp³-hybridized carbons (Fsp3) is 0.750. The van der Waals surface area contributed by atoms with Crippen LogP contribution in [0.5, 0.6) is 0 Å². The molecule has 3 rings (SSSR count). The molecular weight excluding hydrogens is 280 g/mol. The predicted octanol–water partition coefficient (Wildman–Crippen LogP) is 0.999. The van der Waals surface area contributed by atoms with Gasteiger partial charge in [0, 0.05) is 18.8 Å². The molecule has 0 spiro atoms. The van der Waals surface area contributed by atoms with E-state index < -0.39 is 5.54 Å². The molecule has 1 aliphatic heterocycles. The molecule has 0 aromatic carbocycles. The van der Waals surface area contributed by atoms with Crippen molar-refractivity contribution in [2.24, 2.45) is 5.73 Å². The van der Waals surface area contributed by atoms with Crippen LogP contribution in [0, 0.1) is 13.8 Å². The number of rotatable bonds is 3. The van der Waals surface area contributed by atoms with Crippen molar-refractivity contribution in [3.63, 3.8) is 0 Å². The number of hydrogen-bond acceptors (Lipinski definition) is 4. The minimum atomic E-state index is -0.639. The fourth-order valence-electron chi connectivity index (χ4n) is 3.60. The molecule has 2 fully saturated rings. The molecule has 2 N–H and O–H groups in total. The van der Waals surface area contributed by atoms with E-state index in [1.807, 2.05) is 23.4 Å². The number of carbonyl (C=O) groups is 1. The van der Waals surface area contributed by atoms with Crippen LogP contribution in [-0.2, 0) is 16.1 Å². The van der Waals surface area contributed by atoms with Gasteiger partial charge in [0.1, 0.15) is 0 Å². The molecule has 1 amide bonds. The Balaban J connectivity index is 1.64. The van der Waals surface area contributed by atoms with Crippen molar-refractivity contribution in [1.82, 2.24) is 14.7 Å². The fourth-order valence-corrected chi connectivity index (χ4v) is 3.60. The average molecular weight is 306 g/mol. The Kier molecular flexibility index (Phi) is 4.23. The van der Waals surface area contributed by atoms with Gasteiger partial charge in [0.2, 0.25) is 5.91 Å². The first kappa shape index (κ1) is 15.5. The second-order valence-electron chi connectivity index (χ2n) is 6.72. The minimum absolute atomic E-state index is 0.0132. The van der Waals surface area contributed by atoms with Gasteiger partial charge in [-0.1, -0.05) is 12.8 Å². The van der Waals surface area contributed by atoms with E-state index in [1.165, 1.54) is 0 Å². The molecule has 0 bridgehead atoms. The zero-order valence-electron chi connectivity index (χ0n) is 13.5. The maximum Gasteiger partial charge on any atom is 0.242 e. The second kappa shape index (κ2) is 6.01. The number of nitrogens with zero attached hydrogens (tertiary/aromatic N) is 3. The number of hydrogen-bond donors (Lipinski definition) is 1. The number of aryl methyl sites for hydroxylation is 2. The Morgan fingerprint density at radius 3 is 2.82 bits per heavy atom. The molecule has 1 aromatic rings. The highest BCUT2D eigenvalue weighted by molar-refractivity contribution is 5.86. The second-order valence-corrected chi connectivity index (χ2v) is 6.72. The van der Waals surface area contributed by atoms with Crippen LogP contribution >= 0.6 is 0 Å². The lowest BCUT2D eigenvalue weighted by Crippen LogP contribution is -2.58. The van der Waals surface area contributed by atoms with Crippen LogP contribution in [-0.4, -0.2) is 51.9 Å². The summed E-state index contributed by atoms with van der Waals surface area (Å²) >= 11 is 0. The summed E-state index contributed by atoms with van der Waals surface area (Å²) in [7, 11) is 0. The molecule has 22 heavy (non-hydrogen) atoms. The molecule has 1 saturated heterocycles. The van der Waals surface area contributed by atoms with Crippen molar-refractivity contribution >= 4 is 5.91 Å². The molecule has 0 radical (unpaired) electrons. The first-order valence-corrected chi connectivity index (χ1v) is 8.19. The van der Waals surface area contributed by atoms with Gasteiger partial charge in [0.15, 0.2) is 0 Å². The third-order valence-electron chi connectivity index (χ3n) is 4.83. The lowest BCUT2D eigenvalue weighted by atomic mass is 9.96. The standard InChI is InChI=1S/C16H26N4O2/c1-12-9-13(2)20(18-12)11-14-10-19(7-8-22-14)15(21)16(17)5-3-4-6-16/h9,14H,3-8,10-11,17H2,1-2H3. The summed E-state index contributed by atoms with van der Waals surface area (Å²) in [4.78, 5) is 14.6. The summed E-state index contributed by atoms with van der Waals surface area (Å²) < 4.78 is 7.79. The van der Waals surface area contributed by atoms with Crippen LogP contribution in [0.3, 0.4) is 0 Å². The van der Waals surface area contributed by atoms with Gasteiger partial charge in [-0.3, -0.25) is 9.48 Å². The van der Waals surface area contributed by atoms with Gasteiger partial charge in [0.25, 0.3) is 0 Å². The molecule has 122 valence electrons. The van der Waals surface area contributed by atoms with Crippen molar-refractivity contribution in [1.29, 1.82) is 0 Å². The van der Waals surface area contributed by atoms with E-state index in [4.69, 9.17) is 10.5 Å². The van der Waals surface area contributed by atoms with Crippen LogP contribution < -0.4 is 5.73 Å². The van der Waals surface area contributed by atoms with Gasteiger partial charge in [-0.05, 0) is 32.8 Å². The highest BCUT2D eigenvalue weighted by atomic mass is 16.5. The van der Waals surface area contributed by atoms with Crippen LogP contribution in [0.2, 0.25) is 0 Å². The van der Waals surface area contributed by atoms with Crippen LogP contribution in [0.4, 0.5) is 0 Å². The van der Waals surface area contributed by atoms with E-state index in [0.29, 0.717) is 26.2 Å². The maximum atomic E-state index is 12.7. The van der Waals surface area contributed by atoms with E-state index in [0.717, 1.165) is 37.1 Å². The van der Waals surface area contributed by atoms with Crippen LogP contribution in [0.1, 0.15) is 37.1 Å². The highest BCUT2D eigenvalue weighted by Gasteiger charge is 2.41. The lowest BCUT2D eigenvalue weighted by molar-refractivity contribution is -0.145. The van der Waals surface area contributed by atoms with Gasteiger partial charge >= 0.3 is 0 Å². The van der Waals surface area contributed by atoms with Crippen molar-refractivity contribution < 1.29 is 9.53 Å². The minimum Gasteiger partial charge on any atom is -0.373 e.